The van der Waals surface area contributed by atoms with E-state index in [0.29, 0.717) is 29.3 Å². The molecule has 0 bridgehead atoms. The van der Waals surface area contributed by atoms with Crippen LogP contribution in [0.3, 0.4) is 0 Å². The molecule has 10 heteroatoms. The molecule has 1 fully saturated rings. The fourth-order valence-corrected chi connectivity index (χ4v) is 7.31. The van der Waals surface area contributed by atoms with Crippen molar-refractivity contribution in [2.24, 2.45) is 0 Å². The van der Waals surface area contributed by atoms with E-state index in [9.17, 15) is 19.3 Å². The highest BCUT2D eigenvalue weighted by Gasteiger charge is 2.51. The second kappa shape index (κ2) is 10.3. The molecule has 0 amide bonds. The maximum Gasteiger partial charge on any atom is 0.358 e. The highest BCUT2D eigenvalue weighted by Crippen LogP contribution is 2.65. The van der Waals surface area contributed by atoms with E-state index in [-0.39, 0.29) is 29.3 Å². The van der Waals surface area contributed by atoms with Gasteiger partial charge in [-0.2, -0.15) is 0 Å². The van der Waals surface area contributed by atoms with E-state index >= 15 is 4.39 Å². The maximum absolute atomic E-state index is 16.2. The number of carboxylic acids is 1. The fourth-order valence-electron chi connectivity index (χ4n) is 3.99. The fraction of sp³-hybridized carbons (Fsp3) is 0.333. The van der Waals surface area contributed by atoms with Gasteiger partial charge in [-0.25, -0.2) is 13.9 Å². The number of carboxylic acid groups (broad SMARTS) is 1. The molecule has 0 aliphatic carbocycles. The third kappa shape index (κ3) is 4.87. The standard InChI is InChI=1S/C24H25FNO6PS/c1-2-13-31-24(29)19-9-6-12-26(19)33(30,32-18-7-4-3-5-8-18)22(25)16-10-11-20-17(14-16)15-21(34-20)23(27)28/h3-5,7-8,10-11,14-15,19,22H,2,6,9,12-13H2,1H3,(H,27,28)/t19-,22?,33?/m0/s1. The number of fused-ring (bicyclic) bond motifs is 1. The first-order valence-corrected chi connectivity index (χ1v) is 13.5. The molecule has 1 aliphatic heterocycles. The summed E-state index contributed by atoms with van der Waals surface area (Å²) in [7, 11) is -4.28. The van der Waals surface area contributed by atoms with E-state index in [1.54, 1.807) is 36.4 Å². The van der Waals surface area contributed by atoms with Crippen molar-refractivity contribution in [2.45, 2.75) is 38.1 Å². The third-order valence-corrected chi connectivity index (χ3v) is 9.24. The van der Waals surface area contributed by atoms with Gasteiger partial charge in [0.15, 0.2) is 0 Å². The number of thiophene rings is 1. The van der Waals surface area contributed by atoms with E-state index in [4.69, 9.17) is 9.26 Å². The van der Waals surface area contributed by atoms with Crippen LogP contribution in [0.4, 0.5) is 4.39 Å². The number of para-hydroxylation sites is 1. The van der Waals surface area contributed by atoms with Crippen LogP contribution in [-0.4, -0.2) is 40.9 Å². The normalized spacial score (nSPS) is 18.9. The summed E-state index contributed by atoms with van der Waals surface area (Å²) < 4.78 is 43.7. The first-order chi connectivity index (χ1) is 16.3. The van der Waals surface area contributed by atoms with Crippen LogP contribution in [0.25, 0.3) is 10.1 Å². The first-order valence-electron chi connectivity index (χ1n) is 11.0. The van der Waals surface area contributed by atoms with Crippen LogP contribution in [0.2, 0.25) is 0 Å². The monoisotopic (exact) mass is 505 g/mol. The van der Waals surface area contributed by atoms with Crippen LogP contribution >= 0.6 is 18.9 Å². The number of aromatic carboxylic acids is 1. The minimum absolute atomic E-state index is 0.0917. The van der Waals surface area contributed by atoms with E-state index < -0.39 is 31.4 Å². The minimum Gasteiger partial charge on any atom is -0.477 e. The lowest BCUT2D eigenvalue weighted by atomic mass is 10.2. The molecule has 0 saturated carbocycles. The van der Waals surface area contributed by atoms with Crippen LogP contribution in [-0.2, 0) is 14.1 Å². The lowest BCUT2D eigenvalue weighted by molar-refractivity contribution is -0.147. The SMILES string of the molecule is CCCOC(=O)[C@@H]1CCCN1P(=O)(Oc1ccccc1)C(F)c1ccc2sc(C(=O)O)cc2c1. The summed E-state index contributed by atoms with van der Waals surface area (Å²) in [5.74, 6) is -3.44. The molecular formula is C24H25FNO6PS. The molecule has 2 heterocycles. The molecule has 0 spiro atoms. The zero-order valence-corrected chi connectivity index (χ0v) is 20.3. The number of alkyl halides is 1. The number of benzene rings is 2. The first kappa shape index (κ1) is 24.4. The molecule has 1 aliphatic rings. The van der Waals surface area contributed by atoms with E-state index in [0.717, 1.165) is 11.3 Å². The Hall–Kier alpha value is -2.74. The highest BCUT2D eigenvalue weighted by atomic mass is 32.1. The van der Waals surface area contributed by atoms with Gasteiger partial charge in [-0.3, -0.25) is 9.36 Å². The molecule has 1 saturated heterocycles. The predicted octanol–water partition coefficient (Wildman–Crippen LogP) is 6.26. The lowest BCUT2D eigenvalue weighted by Crippen LogP contribution is -2.37. The van der Waals surface area contributed by atoms with Crippen molar-refractivity contribution in [2.75, 3.05) is 13.2 Å². The number of carbonyl (C=O) groups is 2. The summed E-state index contributed by atoms with van der Waals surface area (Å²) >= 11 is 1.08. The Bertz CT molecular complexity index is 1230. The van der Waals surface area contributed by atoms with Crippen molar-refractivity contribution in [1.29, 1.82) is 0 Å². The van der Waals surface area contributed by atoms with Crippen molar-refractivity contribution in [1.82, 2.24) is 4.67 Å². The summed E-state index contributed by atoms with van der Waals surface area (Å²) in [6, 6.07) is 13.5. The van der Waals surface area contributed by atoms with Gasteiger partial charge in [0, 0.05) is 11.2 Å². The number of carbonyl (C=O) groups excluding carboxylic acids is 1. The van der Waals surface area contributed by atoms with Crippen LogP contribution in [0, 0.1) is 0 Å². The van der Waals surface area contributed by atoms with Crippen LogP contribution < -0.4 is 4.52 Å². The Morgan fingerprint density at radius 3 is 2.71 bits per heavy atom. The number of ether oxygens (including phenoxy) is 1. The topological polar surface area (TPSA) is 93.1 Å². The molecule has 4 rings (SSSR count). The second-order valence-corrected chi connectivity index (χ2v) is 11.4. The summed E-state index contributed by atoms with van der Waals surface area (Å²) in [5.41, 5.74) is 0.0917. The van der Waals surface area contributed by atoms with Crippen molar-refractivity contribution < 1.29 is 32.9 Å². The molecule has 2 unspecified atom stereocenters. The summed E-state index contributed by atoms with van der Waals surface area (Å²) in [4.78, 5) is 24.1. The number of hydrogen-bond acceptors (Lipinski definition) is 6. The lowest BCUT2D eigenvalue weighted by Gasteiger charge is -2.33. The zero-order valence-electron chi connectivity index (χ0n) is 18.6. The third-order valence-electron chi connectivity index (χ3n) is 5.60. The van der Waals surface area contributed by atoms with Crippen LogP contribution in [0.15, 0.2) is 54.6 Å². The highest BCUT2D eigenvalue weighted by molar-refractivity contribution is 7.57. The Morgan fingerprint density at radius 2 is 2.00 bits per heavy atom. The van der Waals surface area contributed by atoms with Gasteiger partial charge in [0.2, 0.25) is 5.91 Å². The van der Waals surface area contributed by atoms with Gasteiger partial charge in [0.1, 0.15) is 16.7 Å². The molecular weight excluding hydrogens is 480 g/mol. The van der Waals surface area contributed by atoms with Gasteiger partial charge in [0.25, 0.3) is 0 Å². The van der Waals surface area contributed by atoms with Gasteiger partial charge in [-0.05, 0) is 60.5 Å². The van der Waals surface area contributed by atoms with Crippen molar-refractivity contribution in [3.8, 4) is 5.75 Å². The molecule has 2 aromatic carbocycles. The summed E-state index contributed by atoms with van der Waals surface area (Å²) in [6.07, 6.45) is 1.58. The Morgan fingerprint density at radius 1 is 1.24 bits per heavy atom. The number of rotatable bonds is 9. The smallest absolute Gasteiger partial charge is 0.358 e. The molecule has 7 nitrogen and oxygen atoms in total. The van der Waals surface area contributed by atoms with Crippen LogP contribution in [0.5, 0.6) is 5.75 Å². The summed E-state index contributed by atoms with van der Waals surface area (Å²) in [5, 5.41) is 9.80. The number of esters is 1. The van der Waals surface area contributed by atoms with Gasteiger partial charge in [-0.15, -0.1) is 11.3 Å². The molecule has 3 atom stereocenters. The Kier molecular flexibility index (Phi) is 7.36. The molecule has 1 N–H and O–H groups in total. The van der Waals surface area contributed by atoms with Crippen molar-refractivity contribution in [3.05, 3.63) is 65.0 Å². The Labute approximate surface area is 200 Å². The van der Waals surface area contributed by atoms with Crippen molar-refractivity contribution in [3.63, 3.8) is 0 Å². The average molecular weight is 506 g/mol. The predicted molar refractivity (Wildman–Crippen MR) is 128 cm³/mol. The van der Waals surface area contributed by atoms with Gasteiger partial charge < -0.3 is 14.4 Å². The maximum atomic E-state index is 16.2. The molecule has 34 heavy (non-hydrogen) atoms. The average Bonchev–Trinajstić information content (AvgIpc) is 3.50. The molecule has 0 radical (unpaired) electrons. The van der Waals surface area contributed by atoms with E-state index in [1.807, 2.05) is 6.92 Å². The minimum atomic E-state index is -4.28. The quantitative estimate of drug-likeness (QED) is 0.271. The van der Waals surface area contributed by atoms with Crippen molar-refractivity contribution >= 4 is 40.9 Å². The van der Waals surface area contributed by atoms with E-state index in [1.165, 1.54) is 22.9 Å². The zero-order chi connectivity index (χ0) is 24.3. The largest absolute Gasteiger partial charge is 0.477 e. The molecule has 180 valence electrons. The number of hydrogen-bond donors (Lipinski definition) is 1. The van der Waals surface area contributed by atoms with Gasteiger partial charge >= 0.3 is 19.5 Å². The Balaban J connectivity index is 1.73. The molecule has 3 aromatic rings. The number of nitrogens with zero attached hydrogens (tertiary/aromatic N) is 1. The summed E-state index contributed by atoms with van der Waals surface area (Å²) in [6.45, 7) is 2.32. The van der Waals surface area contributed by atoms with Crippen LogP contribution in [0.1, 0.15) is 47.3 Å². The van der Waals surface area contributed by atoms with Gasteiger partial charge in [-0.1, -0.05) is 31.2 Å². The second-order valence-electron chi connectivity index (χ2n) is 8.01. The van der Waals surface area contributed by atoms with E-state index in [2.05, 4.69) is 0 Å². The van der Waals surface area contributed by atoms with Gasteiger partial charge in [0.05, 0.1) is 6.61 Å². The number of halogens is 1. The molecule has 1 aromatic heterocycles.